The molecule has 0 bridgehead atoms. The van der Waals surface area contributed by atoms with E-state index in [1.165, 1.54) is 18.4 Å². The highest BCUT2D eigenvalue weighted by Crippen LogP contribution is 2.32. The summed E-state index contributed by atoms with van der Waals surface area (Å²) in [5.41, 5.74) is 3.17. The van der Waals surface area contributed by atoms with Crippen LogP contribution in [0.4, 0.5) is 0 Å². The molecule has 1 aliphatic carbocycles. The average Bonchev–Trinajstić information content (AvgIpc) is 3.15. The lowest BCUT2D eigenvalue weighted by Gasteiger charge is -2.11. The number of aromatic nitrogens is 2. The van der Waals surface area contributed by atoms with E-state index in [1.807, 2.05) is 19.1 Å². The number of nitrogens with one attached hydrogen (secondary N) is 2. The van der Waals surface area contributed by atoms with Crippen molar-refractivity contribution in [1.82, 2.24) is 15.3 Å². The summed E-state index contributed by atoms with van der Waals surface area (Å²) in [4.78, 5) is 19.8. The molecule has 1 aliphatic rings. The largest absolute Gasteiger partial charge is 0.346 e. The Morgan fingerprint density at radius 2 is 2.33 bits per heavy atom. The average molecular weight is 303 g/mol. The molecule has 0 unspecified atom stereocenters. The second-order valence-electron chi connectivity index (χ2n) is 5.89. The molecule has 1 saturated carbocycles. The van der Waals surface area contributed by atoms with Crippen LogP contribution in [0.2, 0.25) is 0 Å². The SMILES string of the molecule is Cc1ccc2nc([C@H](C)NC(=O)CSCC3CC3)[nH]c2c1. The van der Waals surface area contributed by atoms with Crippen LogP contribution in [0.1, 0.15) is 37.2 Å². The second kappa shape index (κ2) is 6.10. The van der Waals surface area contributed by atoms with Gasteiger partial charge < -0.3 is 10.3 Å². The summed E-state index contributed by atoms with van der Waals surface area (Å²) < 4.78 is 0. The first-order valence-electron chi connectivity index (χ1n) is 7.45. The number of nitrogens with zero attached hydrogens (tertiary/aromatic N) is 1. The van der Waals surface area contributed by atoms with Gasteiger partial charge in [-0.25, -0.2) is 4.98 Å². The van der Waals surface area contributed by atoms with Crippen LogP contribution in [0.5, 0.6) is 0 Å². The van der Waals surface area contributed by atoms with Gasteiger partial charge in [-0.15, -0.1) is 0 Å². The fourth-order valence-corrected chi connectivity index (χ4v) is 3.36. The Morgan fingerprint density at radius 3 is 3.10 bits per heavy atom. The predicted octanol–water partition coefficient (Wildman–Crippen LogP) is 3.19. The quantitative estimate of drug-likeness (QED) is 0.861. The Balaban J connectivity index is 1.57. The number of benzene rings is 1. The van der Waals surface area contributed by atoms with Gasteiger partial charge in [0.25, 0.3) is 0 Å². The molecule has 1 heterocycles. The molecule has 4 nitrogen and oxygen atoms in total. The van der Waals surface area contributed by atoms with Crippen molar-refractivity contribution in [3.63, 3.8) is 0 Å². The van der Waals surface area contributed by atoms with Crippen LogP contribution < -0.4 is 5.32 Å². The summed E-state index contributed by atoms with van der Waals surface area (Å²) in [6.07, 6.45) is 2.67. The van der Waals surface area contributed by atoms with Crippen molar-refractivity contribution >= 4 is 28.7 Å². The summed E-state index contributed by atoms with van der Waals surface area (Å²) in [6.45, 7) is 4.02. The van der Waals surface area contributed by atoms with E-state index in [1.54, 1.807) is 11.8 Å². The first-order valence-corrected chi connectivity index (χ1v) is 8.60. The highest BCUT2D eigenvalue weighted by atomic mass is 32.2. The third-order valence-electron chi connectivity index (χ3n) is 3.73. The van der Waals surface area contributed by atoms with E-state index in [0.717, 1.165) is 28.5 Å². The van der Waals surface area contributed by atoms with E-state index >= 15 is 0 Å². The number of carbonyl (C=O) groups excluding carboxylic acids is 1. The van der Waals surface area contributed by atoms with Crippen LogP contribution in [-0.2, 0) is 4.79 Å². The molecule has 0 spiro atoms. The van der Waals surface area contributed by atoms with Crippen molar-refractivity contribution in [2.75, 3.05) is 11.5 Å². The second-order valence-corrected chi connectivity index (χ2v) is 6.92. The number of hydrogen-bond donors (Lipinski definition) is 2. The van der Waals surface area contributed by atoms with Crippen LogP contribution >= 0.6 is 11.8 Å². The van der Waals surface area contributed by atoms with E-state index in [9.17, 15) is 4.79 Å². The molecule has 1 fully saturated rings. The Kier molecular flexibility index (Phi) is 4.19. The number of thioether (sulfide) groups is 1. The minimum Gasteiger partial charge on any atom is -0.346 e. The Hall–Kier alpha value is -1.49. The van der Waals surface area contributed by atoms with Crippen molar-refractivity contribution in [3.8, 4) is 0 Å². The van der Waals surface area contributed by atoms with Crippen LogP contribution in [-0.4, -0.2) is 27.4 Å². The molecule has 21 heavy (non-hydrogen) atoms. The third-order valence-corrected chi connectivity index (χ3v) is 4.90. The Bertz CT molecular complexity index is 648. The van der Waals surface area contributed by atoms with Crippen molar-refractivity contribution in [2.24, 2.45) is 5.92 Å². The molecule has 0 aliphatic heterocycles. The number of aryl methyl sites for hydroxylation is 1. The number of H-pyrrole nitrogens is 1. The smallest absolute Gasteiger partial charge is 0.230 e. The summed E-state index contributed by atoms with van der Waals surface area (Å²) in [5.74, 6) is 3.42. The molecule has 0 saturated heterocycles. The van der Waals surface area contributed by atoms with Crippen molar-refractivity contribution < 1.29 is 4.79 Å². The van der Waals surface area contributed by atoms with Gasteiger partial charge in [0.1, 0.15) is 5.82 Å². The maximum atomic E-state index is 11.9. The van der Waals surface area contributed by atoms with Gasteiger partial charge in [0.2, 0.25) is 5.91 Å². The van der Waals surface area contributed by atoms with Gasteiger partial charge >= 0.3 is 0 Å². The van der Waals surface area contributed by atoms with Gasteiger partial charge in [-0.2, -0.15) is 11.8 Å². The molecule has 0 radical (unpaired) electrons. The molecular weight excluding hydrogens is 282 g/mol. The van der Waals surface area contributed by atoms with Crippen LogP contribution in [0, 0.1) is 12.8 Å². The monoisotopic (exact) mass is 303 g/mol. The molecule has 2 aromatic rings. The highest BCUT2D eigenvalue weighted by molar-refractivity contribution is 7.99. The number of carbonyl (C=O) groups is 1. The fraction of sp³-hybridized carbons (Fsp3) is 0.500. The Morgan fingerprint density at radius 1 is 1.52 bits per heavy atom. The molecule has 1 aromatic carbocycles. The Labute approximate surface area is 129 Å². The molecule has 2 N–H and O–H groups in total. The standard InChI is InChI=1S/C16H21N3OS/c1-10-3-6-13-14(7-10)19-16(18-13)11(2)17-15(20)9-21-8-12-4-5-12/h3,6-7,11-12H,4-5,8-9H2,1-2H3,(H,17,20)(H,18,19)/t11-/m0/s1. The summed E-state index contributed by atoms with van der Waals surface area (Å²) in [5, 5.41) is 3.01. The fourth-order valence-electron chi connectivity index (χ4n) is 2.30. The molecule has 1 atom stereocenters. The van der Waals surface area contributed by atoms with Gasteiger partial charge in [-0.05, 0) is 56.1 Å². The van der Waals surface area contributed by atoms with E-state index in [-0.39, 0.29) is 11.9 Å². The lowest BCUT2D eigenvalue weighted by Crippen LogP contribution is -2.29. The van der Waals surface area contributed by atoms with E-state index in [0.29, 0.717) is 5.75 Å². The summed E-state index contributed by atoms with van der Waals surface area (Å²) >= 11 is 1.73. The van der Waals surface area contributed by atoms with E-state index in [4.69, 9.17) is 0 Å². The molecular formula is C16H21N3OS. The van der Waals surface area contributed by atoms with Gasteiger partial charge in [0.05, 0.1) is 22.8 Å². The minimum absolute atomic E-state index is 0.0878. The number of fused-ring (bicyclic) bond motifs is 1. The van der Waals surface area contributed by atoms with Crippen molar-refractivity contribution in [3.05, 3.63) is 29.6 Å². The number of aromatic amines is 1. The number of imidazole rings is 1. The van der Waals surface area contributed by atoms with E-state index < -0.39 is 0 Å². The summed E-state index contributed by atoms with van der Waals surface area (Å²) in [7, 11) is 0. The highest BCUT2D eigenvalue weighted by Gasteiger charge is 2.21. The molecule has 112 valence electrons. The molecule has 1 amide bonds. The topological polar surface area (TPSA) is 57.8 Å². The van der Waals surface area contributed by atoms with Crippen molar-refractivity contribution in [1.29, 1.82) is 0 Å². The van der Waals surface area contributed by atoms with Gasteiger partial charge in [-0.3, -0.25) is 4.79 Å². The van der Waals surface area contributed by atoms with Gasteiger partial charge in [0, 0.05) is 0 Å². The number of amides is 1. The lowest BCUT2D eigenvalue weighted by molar-refractivity contribution is -0.119. The predicted molar refractivity (Wildman–Crippen MR) is 87.4 cm³/mol. The molecule has 5 heteroatoms. The normalized spacial score (nSPS) is 16.1. The van der Waals surface area contributed by atoms with Gasteiger partial charge in [-0.1, -0.05) is 6.07 Å². The first kappa shape index (κ1) is 14.4. The number of rotatable bonds is 6. The van der Waals surface area contributed by atoms with E-state index in [2.05, 4.69) is 28.3 Å². The van der Waals surface area contributed by atoms with Gasteiger partial charge in [0.15, 0.2) is 0 Å². The molecule has 3 rings (SSSR count). The van der Waals surface area contributed by atoms with Crippen LogP contribution in [0.15, 0.2) is 18.2 Å². The molecule has 1 aromatic heterocycles. The minimum atomic E-state index is -0.0910. The first-order chi connectivity index (χ1) is 10.1. The third kappa shape index (κ3) is 3.79. The zero-order valence-electron chi connectivity index (χ0n) is 12.5. The lowest BCUT2D eigenvalue weighted by atomic mass is 10.2. The van der Waals surface area contributed by atoms with Crippen molar-refractivity contribution in [2.45, 2.75) is 32.7 Å². The maximum absolute atomic E-state index is 11.9. The number of hydrogen-bond acceptors (Lipinski definition) is 3. The zero-order chi connectivity index (χ0) is 14.8. The summed E-state index contributed by atoms with van der Waals surface area (Å²) in [6, 6.07) is 6.04. The van der Waals surface area contributed by atoms with Crippen LogP contribution in [0.3, 0.4) is 0 Å². The maximum Gasteiger partial charge on any atom is 0.230 e. The van der Waals surface area contributed by atoms with Crippen LogP contribution in [0.25, 0.3) is 11.0 Å². The zero-order valence-corrected chi connectivity index (χ0v) is 13.3.